The first-order valence-electron chi connectivity index (χ1n) is 7.33. The van der Waals surface area contributed by atoms with Crippen LogP contribution in [0.4, 0.5) is 0 Å². The summed E-state index contributed by atoms with van der Waals surface area (Å²) in [6.45, 7) is 2.37. The minimum atomic E-state index is 0.0634. The summed E-state index contributed by atoms with van der Waals surface area (Å²) in [4.78, 5) is 18.5. The van der Waals surface area contributed by atoms with Crippen LogP contribution < -0.4 is 10.1 Å². The molecule has 2 heterocycles. The predicted octanol–water partition coefficient (Wildman–Crippen LogP) is 2.00. The zero-order valence-electron chi connectivity index (χ0n) is 12.5. The molecule has 3 rings (SSSR count). The molecule has 1 aromatic rings. The Bertz CT molecular complexity index is 610. The first kappa shape index (κ1) is 15.0. The van der Waals surface area contributed by atoms with Crippen LogP contribution in [0.15, 0.2) is 40.4 Å². The number of benzene rings is 1. The third kappa shape index (κ3) is 3.44. The summed E-state index contributed by atoms with van der Waals surface area (Å²) in [5.74, 6) is 0.912. The summed E-state index contributed by atoms with van der Waals surface area (Å²) in [6, 6.07) is 7.92. The Hall–Kier alpha value is -1.95. The minimum absolute atomic E-state index is 0.0634. The van der Waals surface area contributed by atoms with E-state index in [-0.39, 0.29) is 5.91 Å². The fourth-order valence-electron chi connectivity index (χ4n) is 2.48. The summed E-state index contributed by atoms with van der Waals surface area (Å²) >= 11 is 1.61. The highest BCUT2D eigenvalue weighted by Crippen LogP contribution is 2.30. The van der Waals surface area contributed by atoms with E-state index in [1.54, 1.807) is 18.9 Å². The standard InChI is InChI=1S/C16H19N3O2S/c1-21-14-4-2-12(3-5-14)6-7-17-15(20)10-13-11-22-16-18-8-9-19(13)16/h2-5,11H,6-10H2,1H3,(H,17,20). The van der Waals surface area contributed by atoms with Gasteiger partial charge in [-0.25, -0.2) is 0 Å². The smallest absolute Gasteiger partial charge is 0.225 e. The van der Waals surface area contributed by atoms with Crippen molar-refractivity contribution in [2.75, 3.05) is 26.7 Å². The van der Waals surface area contributed by atoms with Crippen molar-refractivity contribution in [3.05, 3.63) is 40.9 Å². The van der Waals surface area contributed by atoms with Crippen LogP contribution in [-0.2, 0) is 11.2 Å². The van der Waals surface area contributed by atoms with Crippen molar-refractivity contribution in [2.24, 2.45) is 4.99 Å². The van der Waals surface area contributed by atoms with Gasteiger partial charge in [-0.15, -0.1) is 0 Å². The molecule has 0 fully saturated rings. The lowest BCUT2D eigenvalue weighted by molar-refractivity contribution is -0.120. The zero-order valence-corrected chi connectivity index (χ0v) is 13.4. The second-order valence-electron chi connectivity index (χ2n) is 5.17. The van der Waals surface area contributed by atoms with E-state index < -0.39 is 0 Å². The van der Waals surface area contributed by atoms with E-state index in [2.05, 4.69) is 15.2 Å². The van der Waals surface area contributed by atoms with E-state index in [1.165, 1.54) is 5.56 Å². The number of hydrogen-bond donors (Lipinski definition) is 1. The van der Waals surface area contributed by atoms with Crippen LogP contribution in [0.1, 0.15) is 12.0 Å². The monoisotopic (exact) mass is 317 g/mol. The number of carbonyl (C=O) groups excluding carboxylic acids is 1. The van der Waals surface area contributed by atoms with Crippen LogP contribution in [0.2, 0.25) is 0 Å². The molecular weight excluding hydrogens is 298 g/mol. The van der Waals surface area contributed by atoms with Gasteiger partial charge in [0.2, 0.25) is 5.91 Å². The molecule has 0 saturated heterocycles. The molecular formula is C16H19N3O2S. The molecule has 0 spiro atoms. The number of nitrogens with one attached hydrogen (secondary N) is 1. The SMILES string of the molecule is COc1ccc(CCNC(=O)CC2=CSC3=NCCN23)cc1. The van der Waals surface area contributed by atoms with Crippen molar-refractivity contribution in [2.45, 2.75) is 12.8 Å². The number of nitrogens with zero attached hydrogens (tertiary/aromatic N) is 2. The number of rotatable bonds is 6. The average Bonchev–Trinajstić information content (AvgIpc) is 3.13. The van der Waals surface area contributed by atoms with Crippen LogP contribution >= 0.6 is 11.8 Å². The molecule has 22 heavy (non-hydrogen) atoms. The lowest BCUT2D eigenvalue weighted by Crippen LogP contribution is -2.29. The molecule has 0 radical (unpaired) electrons. The molecule has 0 aromatic heterocycles. The van der Waals surface area contributed by atoms with E-state index >= 15 is 0 Å². The summed E-state index contributed by atoms with van der Waals surface area (Å²) in [6.07, 6.45) is 1.24. The molecule has 0 saturated carbocycles. The number of amidine groups is 1. The Morgan fingerprint density at radius 2 is 2.23 bits per heavy atom. The van der Waals surface area contributed by atoms with Crippen LogP contribution in [0.5, 0.6) is 5.75 Å². The maximum Gasteiger partial charge on any atom is 0.225 e. The van der Waals surface area contributed by atoms with Crippen molar-refractivity contribution < 1.29 is 9.53 Å². The lowest BCUT2D eigenvalue weighted by atomic mass is 10.1. The van der Waals surface area contributed by atoms with Gasteiger partial charge in [0.15, 0.2) is 5.17 Å². The van der Waals surface area contributed by atoms with E-state index in [9.17, 15) is 4.79 Å². The summed E-state index contributed by atoms with van der Waals surface area (Å²) in [5.41, 5.74) is 2.24. The molecule has 6 heteroatoms. The molecule has 5 nitrogen and oxygen atoms in total. The molecule has 1 amide bonds. The molecule has 1 aromatic carbocycles. The first-order valence-corrected chi connectivity index (χ1v) is 8.21. The number of carbonyl (C=O) groups is 1. The predicted molar refractivity (Wildman–Crippen MR) is 89.0 cm³/mol. The number of ether oxygens (including phenoxy) is 1. The van der Waals surface area contributed by atoms with Crippen molar-refractivity contribution >= 4 is 22.8 Å². The third-order valence-corrected chi connectivity index (χ3v) is 4.64. The highest BCUT2D eigenvalue weighted by atomic mass is 32.2. The Morgan fingerprint density at radius 3 is 3.00 bits per heavy atom. The maximum absolute atomic E-state index is 12.0. The van der Waals surface area contributed by atoms with E-state index in [0.717, 1.165) is 36.1 Å². The van der Waals surface area contributed by atoms with Gasteiger partial charge >= 0.3 is 0 Å². The van der Waals surface area contributed by atoms with Crippen molar-refractivity contribution in [1.29, 1.82) is 0 Å². The fraction of sp³-hybridized carbons (Fsp3) is 0.375. The van der Waals surface area contributed by atoms with Crippen LogP contribution in [0.3, 0.4) is 0 Å². The van der Waals surface area contributed by atoms with Gasteiger partial charge in [-0.2, -0.15) is 0 Å². The molecule has 0 aliphatic carbocycles. The average molecular weight is 317 g/mol. The number of methoxy groups -OCH3 is 1. The number of aliphatic imine (C=N–C) groups is 1. The van der Waals surface area contributed by atoms with Crippen LogP contribution in [-0.4, -0.2) is 42.7 Å². The van der Waals surface area contributed by atoms with Gasteiger partial charge in [-0.1, -0.05) is 23.9 Å². The molecule has 1 N–H and O–H groups in total. The van der Waals surface area contributed by atoms with Gasteiger partial charge in [0.25, 0.3) is 0 Å². The molecule has 0 atom stereocenters. The fourth-order valence-corrected chi connectivity index (χ4v) is 3.43. The van der Waals surface area contributed by atoms with E-state index in [0.29, 0.717) is 13.0 Å². The minimum Gasteiger partial charge on any atom is -0.497 e. The summed E-state index contributed by atoms with van der Waals surface area (Å²) in [5, 5.41) is 6.04. The number of hydrogen-bond acceptors (Lipinski definition) is 5. The summed E-state index contributed by atoms with van der Waals surface area (Å²) < 4.78 is 5.13. The molecule has 0 bridgehead atoms. The molecule has 2 aliphatic heterocycles. The third-order valence-electron chi connectivity index (χ3n) is 3.69. The zero-order chi connectivity index (χ0) is 15.4. The van der Waals surface area contributed by atoms with Crippen molar-refractivity contribution in [3.63, 3.8) is 0 Å². The second-order valence-corrected chi connectivity index (χ2v) is 6.00. The lowest BCUT2D eigenvalue weighted by Gasteiger charge is -2.16. The maximum atomic E-state index is 12.0. The normalized spacial score (nSPS) is 16.1. The number of thioether (sulfide) groups is 1. The van der Waals surface area contributed by atoms with Crippen LogP contribution in [0, 0.1) is 0 Å². The Morgan fingerprint density at radius 1 is 1.41 bits per heavy atom. The molecule has 0 unspecified atom stereocenters. The summed E-state index contributed by atoms with van der Waals surface area (Å²) in [7, 11) is 1.65. The topological polar surface area (TPSA) is 53.9 Å². The highest BCUT2D eigenvalue weighted by molar-refractivity contribution is 8.16. The first-order chi connectivity index (χ1) is 10.8. The molecule has 2 aliphatic rings. The molecule has 116 valence electrons. The quantitative estimate of drug-likeness (QED) is 0.872. The Balaban J connectivity index is 1.42. The second kappa shape index (κ2) is 6.87. The van der Waals surface area contributed by atoms with Gasteiger partial charge < -0.3 is 15.0 Å². The van der Waals surface area contributed by atoms with Crippen molar-refractivity contribution in [1.82, 2.24) is 10.2 Å². The largest absolute Gasteiger partial charge is 0.497 e. The van der Waals surface area contributed by atoms with Gasteiger partial charge in [0, 0.05) is 18.8 Å². The van der Waals surface area contributed by atoms with Crippen molar-refractivity contribution in [3.8, 4) is 5.75 Å². The number of fused-ring (bicyclic) bond motifs is 1. The highest BCUT2D eigenvalue weighted by Gasteiger charge is 2.27. The Kier molecular flexibility index (Phi) is 4.68. The van der Waals surface area contributed by atoms with Gasteiger partial charge in [-0.3, -0.25) is 9.79 Å². The Labute approximate surface area is 134 Å². The van der Waals surface area contributed by atoms with E-state index in [4.69, 9.17) is 4.74 Å². The van der Waals surface area contributed by atoms with Gasteiger partial charge in [-0.05, 0) is 29.5 Å². The van der Waals surface area contributed by atoms with Crippen LogP contribution in [0.25, 0.3) is 0 Å². The number of amides is 1. The van der Waals surface area contributed by atoms with Gasteiger partial charge in [0.05, 0.1) is 20.1 Å². The van der Waals surface area contributed by atoms with Gasteiger partial charge in [0.1, 0.15) is 5.75 Å². The van der Waals surface area contributed by atoms with E-state index in [1.807, 2.05) is 29.7 Å².